The van der Waals surface area contributed by atoms with E-state index in [1.165, 1.54) is 49.4 Å². The molecule has 1 atom stereocenters. The van der Waals surface area contributed by atoms with Crippen molar-refractivity contribution in [2.45, 2.75) is 65.3 Å². The zero-order chi connectivity index (χ0) is 26.8. The Balaban J connectivity index is 0.000000347. The van der Waals surface area contributed by atoms with Gasteiger partial charge in [-0.2, -0.15) is 0 Å². The third-order valence-electron chi connectivity index (χ3n) is 5.90. The van der Waals surface area contributed by atoms with Crippen LogP contribution >= 0.6 is 0 Å². The van der Waals surface area contributed by atoms with E-state index in [9.17, 15) is 10.1 Å². The summed E-state index contributed by atoms with van der Waals surface area (Å²) in [5.41, 5.74) is 15.5. The molecule has 0 aliphatic carbocycles. The lowest BCUT2D eigenvalue weighted by atomic mass is 9.79. The number of hydrogen-bond donors (Lipinski definition) is 2. The summed E-state index contributed by atoms with van der Waals surface area (Å²) < 4.78 is 10.2. The Morgan fingerprint density at radius 2 is 1.74 bits per heavy atom. The van der Waals surface area contributed by atoms with Gasteiger partial charge in [-0.05, 0) is 57.2 Å². The summed E-state index contributed by atoms with van der Waals surface area (Å²) in [6.45, 7) is 15.6. The van der Waals surface area contributed by atoms with Crippen molar-refractivity contribution in [2.24, 2.45) is 0 Å². The van der Waals surface area contributed by atoms with E-state index in [2.05, 4.69) is 51.3 Å². The Morgan fingerprint density at radius 1 is 1.17 bits per heavy atom. The molecule has 0 spiro atoms. The second kappa shape index (κ2) is 13.5. The van der Waals surface area contributed by atoms with Crippen molar-refractivity contribution in [3.63, 3.8) is 0 Å². The van der Waals surface area contributed by atoms with Gasteiger partial charge in [0.05, 0.1) is 36.6 Å². The number of anilines is 3. The second-order valence-electron chi connectivity index (χ2n) is 9.17. The molecule has 1 heterocycles. The molecule has 1 aliphatic rings. The van der Waals surface area contributed by atoms with Crippen LogP contribution in [-0.2, 0) is 0 Å². The van der Waals surface area contributed by atoms with Gasteiger partial charge < -0.3 is 25.8 Å². The molecule has 0 radical (unpaired) electrons. The minimum absolute atomic E-state index is 0.0268. The first-order valence-electron chi connectivity index (χ1n) is 11.9. The number of fused-ring (bicyclic) bond motifs is 1. The van der Waals surface area contributed by atoms with Crippen molar-refractivity contribution in [2.75, 3.05) is 37.1 Å². The number of ether oxygens (including phenoxy) is 2. The Hall–Kier alpha value is -3.42. The molecule has 1 unspecified atom stereocenters. The van der Waals surface area contributed by atoms with Crippen molar-refractivity contribution in [1.29, 1.82) is 0 Å². The smallest absolute Gasteiger partial charge is 0.273 e. The van der Waals surface area contributed by atoms with Crippen LogP contribution in [-0.4, -0.2) is 31.2 Å². The second-order valence-corrected chi connectivity index (χ2v) is 9.17. The van der Waals surface area contributed by atoms with Gasteiger partial charge in [-0.25, -0.2) is 0 Å². The quantitative estimate of drug-likeness (QED) is 0.206. The van der Waals surface area contributed by atoms with Crippen molar-refractivity contribution in [3.05, 3.63) is 58.7 Å². The van der Waals surface area contributed by atoms with Crippen molar-refractivity contribution < 1.29 is 14.4 Å². The number of unbranched alkanes of at least 4 members (excludes halogenated alkanes) is 1. The van der Waals surface area contributed by atoms with Crippen LogP contribution in [0.5, 0.6) is 11.5 Å². The summed E-state index contributed by atoms with van der Waals surface area (Å²) >= 11 is 0. The summed E-state index contributed by atoms with van der Waals surface area (Å²) in [4.78, 5) is 12.3. The number of nitrogens with two attached hydrogens (primary N) is 2. The van der Waals surface area contributed by atoms with Crippen LogP contribution in [0.2, 0.25) is 0 Å². The van der Waals surface area contributed by atoms with E-state index in [0.29, 0.717) is 17.4 Å². The molecular formula is C27H42N4O4. The molecule has 3 rings (SSSR count). The Kier molecular flexibility index (Phi) is 11.4. The highest BCUT2D eigenvalue weighted by atomic mass is 16.6. The third kappa shape index (κ3) is 7.80. The van der Waals surface area contributed by atoms with Crippen LogP contribution in [0.4, 0.5) is 22.7 Å². The topological polar surface area (TPSA) is 117 Å². The molecule has 2 aromatic rings. The zero-order valence-corrected chi connectivity index (χ0v) is 22.3. The lowest BCUT2D eigenvalue weighted by molar-refractivity contribution is -0.384. The van der Waals surface area contributed by atoms with Crippen LogP contribution in [0, 0.1) is 10.1 Å². The van der Waals surface area contributed by atoms with Gasteiger partial charge in [0.1, 0.15) is 11.5 Å². The first kappa shape index (κ1) is 29.6. The minimum Gasteiger partial charge on any atom is -0.495 e. The fourth-order valence-electron chi connectivity index (χ4n) is 4.26. The maximum Gasteiger partial charge on any atom is 0.273 e. The highest BCUT2D eigenvalue weighted by Crippen LogP contribution is 2.46. The van der Waals surface area contributed by atoms with Crippen LogP contribution in [0.1, 0.15) is 65.4 Å². The number of nitro groups is 1. The minimum atomic E-state index is -0.498. The van der Waals surface area contributed by atoms with E-state index in [1.54, 1.807) is 13.2 Å². The van der Waals surface area contributed by atoms with Gasteiger partial charge in [0.2, 0.25) is 0 Å². The van der Waals surface area contributed by atoms with E-state index in [0.717, 1.165) is 24.4 Å². The van der Waals surface area contributed by atoms with Gasteiger partial charge in [0.15, 0.2) is 0 Å². The van der Waals surface area contributed by atoms with Crippen molar-refractivity contribution >= 4 is 22.7 Å². The Morgan fingerprint density at radius 3 is 2.26 bits per heavy atom. The molecule has 0 amide bonds. The molecule has 8 heteroatoms. The standard InChI is InChI=1S/C17H28N2O.C7H8N2O3.C3H6/c1-6-7-8-19-15-10-16(20-5)14(18)9-13(15)12(2)11-17(19,3)4;1-12-7-4-5(9(10)11)2-3-6(7)8;1-3-2/h9-10,12H,6-8,11,18H2,1-5H3;2-4H,8H2,1H3;3H,1H2,2H3. The van der Waals surface area contributed by atoms with Crippen LogP contribution in [0.25, 0.3) is 0 Å². The summed E-state index contributed by atoms with van der Waals surface area (Å²) in [6.07, 6.45) is 5.34. The molecule has 0 aromatic heterocycles. The van der Waals surface area contributed by atoms with Crippen molar-refractivity contribution in [1.82, 2.24) is 0 Å². The predicted octanol–water partition coefficient (Wildman–Crippen LogP) is 6.55. The van der Waals surface area contributed by atoms with Gasteiger partial charge in [-0.15, -0.1) is 6.58 Å². The number of non-ortho nitro benzene ring substituents is 1. The Labute approximate surface area is 210 Å². The normalized spacial score (nSPS) is 15.4. The highest BCUT2D eigenvalue weighted by molar-refractivity contribution is 5.70. The number of nitrogen functional groups attached to an aromatic ring is 2. The molecule has 35 heavy (non-hydrogen) atoms. The first-order chi connectivity index (χ1) is 16.5. The lowest BCUT2D eigenvalue weighted by Crippen LogP contribution is -2.48. The predicted molar refractivity (Wildman–Crippen MR) is 147 cm³/mol. The lowest BCUT2D eigenvalue weighted by Gasteiger charge is -2.48. The number of hydrogen-bond acceptors (Lipinski definition) is 7. The fourth-order valence-corrected chi connectivity index (χ4v) is 4.26. The Bertz CT molecular complexity index is 991. The molecule has 0 bridgehead atoms. The van der Waals surface area contributed by atoms with Gasteiger partial charge in [0.25, 0.3) is 5.69 Å². The molecule has 2 aromatic carbocycles. The molecular weight excluding hydrogens is 444 g/mol. The summed E-state index contributed by atoms with van der Waals surface area (Å²) in [7, 11) is 3.10. The molecule has 8 nitrogen and oxygen atoms in total. The molecule has 0 saturated carbocycles. The van der Waals surface area contributed by atoms with Gasteiger partial charge >= 0.3 is 0 Å². The number of allylic oxidation sites excluding steroid dienone is 1. The zero-order valence-electron chi connectivity index (χ0n) is 22.3. The molecule has 194 valence electrons. The van der Waals surface area contributed by atoms with E-state index in [1.807, 2.05) is 6.92 Å². The maximum atomic E-state index is 10.3. The van der Waals surface area contributed by atoms with E-state index in [-0.39, 0.29) is 11.2 Å². The fraction of sp³-hybridized carbons (Fsp3) is 0.481. The van der Waals surface area contributed by atoms with Crippen LogP contribution in [0.15, 0.2) is 43.0 Å². The van der Waals surface area contributed by atoms with Gasteiger partial charge in [-0.1, -0.05) is 26.3 Å². The summed E-state index contributed by atoms with van der Waals surface area (Å²) in [5.74, 6) is 1.64. The van der Waals surface area contributed by atoms with E-state index < -0.39 is 4.92 Å². The average molecular weight is 487 g/mol. The van der Waals surface area contributed by atoms with Gasteiger partial charge in [0, 0.05) is 29.9 Å². The molecule has 4 N–H and O–H groups in total. The number of benzene rings is 2. The van der Waals surface area contributed by atoms with Crippen LogP contribution in [0.3, 0.4) is 0 Å². The maximum absolute atomic E-state index is 10.3. The average Bonchev–Trinajstić information content (AvgIpc) is 2.79. The van der Waals surface area contributed by atoms with E-state index >= 15 is 0 Å². The third-order valence-corrected chi connectivity index (χ3v) is 5.90. The number of nitro benzene ring substituents is 1. The molecule has 0 fully saturated rings. The monoisotopic (exact) mass is 486 g/mol. The van der Waals surface area contributed by atoms with Crippen LogP contribution < -0.4 is 25.8 Å². The molecule has 0 saturated heterocycles. The summed E-state index contributed by atoms with van der Waals surface area (Å²) in [6, 6.07) is 8.29. The highest BCUT2D eigenvalue weighted by Gasteiger charge is 2.36. The van der Waals surface area contributed by atoms with E-state index in [4.69, 9.17) is 20.9 Å². The largest absolute Gasteiger partial charge is 0.495 e. The molecule has 1 aliphatic heterocycles. The first-order valence-corrected chi connectivity index (χ1v) is 11.9. The number of methoxy groups -OCH3 is 2. The van der Waals surface area contributed by atoms with Gasteiger partial charge in [-0.3, -0.25) is 10.1 Å². The number of nitrogens with zero attached hydrogens (tertiary/aromatic N) is 2. The van der Waals surface area contributed by atoms with Crippen molar-refractivity contribution in [3.8, 4) is 11.5 Å². The number of rotatable bonds is 6. The summed E-state index contributed by atoms with van der Waals surface area (Å²) in [5, 5.41) is 10.3. The SMILES string of the molecule is C=CC.CCCCN1c2cc(OC)c(N)cc2C(C)CC1(C)C.COc1cc([N+](=O)[O-])ccc1N.